The minimum atomic E-state index is -1.32. The molecule has 0 bridgehead atoms. The van der Waals surface area contributed by atoms with Crippen molar-refractivity contribution in [3.8, 4) is 0 Å². The topological polar surface area (TPSA) is 175 Å². The highest BCUT2D eigenvalue weighted by atomic mass is 16.7. The number of aliphatic hydroxyl groups excluding tert-OH is 1. The highest BCUT2D eigenvalue weighted by Gasteiger charge is 2.54. The summed E-state index contributed by atoms with van der Waals surface area (Å²) in [7, 11) is 6.83. The second-order valence-electron chi connectivity index (χ2n) is 19.2. The summed E-state index contributed by atoms with van der Waals surface area (Å²) in [6.07, 6.45) is -7.86. The van der Waals surface area contributed by atoms with Crippen LogP contribution in [0.4, 0.5) is 0 Å². The van der Waals surface area contributed by atoms with E-state index in [0.717, 1.165) is 5.56 Å². The zero-order valence-electron chi connectivity index (χ0n) is 41.7. The lowest BCUT2D eigenvalue weighted by Gasteiger charge is -2.50. The van der Waals surface area contributed by atoms with E-state index in [1.807, 2.05) is 82.2 Å². The molecule has 2 heterocycles. The largest absolute Gasteiger partial charge is 0.461 e. The summed E-state index contributed by atoms with van der Waals surface area (Å²) < 4.78 is 58.1. The first-order valence-corrected chi connectivity index (χ1v) is 23.5. The SMILES string of the molecule is CO[C@](C)(C[C@@H](C)[C@H](O)C(C)=O)[C@H](O[C@@H]1O[C@H](C)C[C@H](N(C)C)[C@H]1OC(=O)c1ccccc1)[C@@H](C)[C@H](O[C@H]1C[C@@](C)(OC)[C@@H](OC(=O)c2ccccc2)[C@H](C)O1)[C@@H](C)C(=O)OCc1ccccc1. The molecule has 0 aliphatic carbocycles. The molecule has 2 saturated heterocycles. The number of carbonyl (C=O) groups excluding carboxylic acids is 4. The molecule has 2 aliphatic heterocycles. The molecule has 15 heteroatoms. The van der Waals surface area contributed by atoms with Crippen molar-refractivity contribution in [3.63, 3.8) is 0 Å². The van der Waals surface area contributed by atoms with Gasteiger partial charge in [-0.2, -0.15) is 0 Å². The number of carbonyl (C=O) groups is 4. The second kappa shape index (κ2) is 24.3. The highest BCUT2D eigenvalue weighted by Crippen LogP contribution is 2.42. The number of benzene rings is 3. The average molecular weight is 948 g/mol. The Kier molecular flexibility index (Phi) is 19.4. The third-order valence-corrected chi connectivity index (χ3v) is 13.6. The zero-order valence-corrected chi connectivity index (χ0v) is 41.7. The van der Waals surface area contributed by atoms with Crippen molar-refractivity contribution in [3.05, 3.63) is 108 Å². The van der Waals surface area contributed by atoms with Crippen LogP contribution in [0, 0.1) is 17.8 Å². The number of hydrogen-bond acceptors (Lipinski definition) is 15. The Morgan fingerprint density at radius 1 is 0.838 bits per heavy atom. The van der Waals surface area contributed by atoms with Gasteiger partial charge in [0.05, 0.1) is 53.1 Å². The smallest absolute Gasteiger partial charge is 0.338 e. The molecule has 15 nitrogen and oxygen atoms in total. The Morgan fingerprint density at radius 3 is 1.93 bits per heavy atom. The van der Waals surface area contributed by atoms with E-state index in [1.165, 1.54) is 21.1 Å². The predicted molar refractivity (Wildman–Crippen MR) is 252 cm³/mol. The number of aliphatic hydroxyl groups is 1. The van der Waals surface area contributed by atoms with Gasteiger partial charge in [-0.3, -0.25) is 9.59 Å². The first kappa shape index (κ1) is 54.4. The molecule has 15 atom stereocenters. The molecular formula is C53H73NO14. The number of methoxy groups -OCH3 is 2. The fourth-order valence-electron chi connectivity index (χ4n) is 9.57. The molecular weight excluding hydrogens is 875 g/mol. The van der Waals surface area contributed by atoms with Gasteiger partial charge in [0.2, 0.25) is 0 Å². The summed E-state index contributed by atoms with van der Waals surface area (Å²) in [5.41, 5.74) is -0.934. The van der Waals surface area contributed by atoms with Crippen LogP contribution in [-0.4, -0.2) is 135 Å². The highest BCUT2D eigenvalue weighted by molar-refractivity contribution is 5.90. The van der Waals surface area contributed by atoms with Gasteiger partial charge in [0.25, 0.3) is 0 Å². The standard InChI is InChI=1S/C53H73NO14/c1-32(43(56)36(5)55)29-52(7,60-11)46(68-51-45(41(54(9)10)28-33(2)63-51)66-49(58)39-24-18-14-19-25-39)34(3)44(35(4)48(57)62-31-38-22-16-13-17-23-38)65-42-30-53(8,61-12)47(37(6)64-42)67-50(59)40-26-20-15-21-27-40/h13-27,32-35,37,41-47,51,56H,28-31H2,1-12H3/t32-,33-,34+,35-,37+,41+,42+,43+,44+,45-,46-,47+,51+,52-,53-/m1/s1. The third kappa shape index (κ3) is 13.6. The molecule has 374 valence electrons. The molecule has 68 heavy (non-hydrogen) atoms. The lowest BCUT2D eigenvalue weighted by Crippen LogP contribution is -2.61. The van der Waals surface area contributed by atoms with Gasteiger partial charge in [0.15, 0.2) is 30.6 Å². The lowest BCUT2D eigenvalue weighted by atomic mass is 9.76. The minimum absolute atomic E-state index is 0.00262. The fraction of sp³-hybridized carbons (Fsp3) is 0.585. The summed E-state index contributed by atoms with van der Waals surface area (Å²) in [5, 5.41) is 11.1. The van der Waals surface area contributed by atoms with Crippen LogP contribution in [0.1, 0.15) is 101 Å². The van der Waals surface area contributed by atoms with E-state index in [-0.39, 0.29) is 31.6 Å². The van der Waals surface area contributed by atoms with E-state index < -0.39 is 102 Å². The number of esters is 3. The molecule has 0 amide bonds. The van der Waals surface area contributed by atoms with Crippen LogP contribution in [0.15, 0.2) is 91.0 Å². The van der Waals surface area contributed by atoms with Crippen molar-refractivity contribution >= 4 is 23.7 Å². The molecule has 0 unspecified atom stereocenters. The molecule has 3 aromatic rings. The predicted octanol–water partition coefficient (Wildman–Crippen LogP) is 7.21. The number of ether oxygens (including phenoxy) is 9. The average Bonchev–Trinajstić information content (AvgIpc) is 3.33. The molecule has 0 aromatic heterocycles. The third-order valence-electron chi connectivity index (χ3n) is 13.6. The molecule has 0 saturated carbocycles. The molecule has 5 rings (SSSR count). The van der Waals surface area contributed by atoms with E-state index in [1.54, 1.807) is 76.2 Å². The van der Waals surface area contributed by atoms with Crippen LogP contribution < -0.4 is 0 Å². The Balaban J connectivity index is 1.57. The molecule has 1 N–H and O–H groups in total. The van der Waals surface area contributed by atoms with Gasteiger partial charge in [0.1, 0.15) is 18.3 Å². The van der Waals surface area contributed by atoms with Crippen LogP contribution in [0.25, 0.3) is 0 Å². The fourth-order valence-corrected chi connectivity index (χ4v) is 9.57. The van der Waals surface area contributed by atoms with E-state index in [9.17, 15) is 24.3 Å². The summed E-state index contributed by atoms with van der Waals surface area (Å²) in [4.78, 5) is 56.1. The number of likely N-dealkylation sites (N-methyl/N-ethyl adjacent to an activating group) is 1. The Labute approximate surface area is 402 Å². The quantitative estimate of drug-likeness (QED) is 0.0790. The minimum Gasteiger partial charge on any atom is -0.461 e. The van der Waals surface area contributed by atoms with Crippen molar-refractivity contribution in [1.29, 1.82) is 0 Å². The monoisotopic (exact) mass is 948 g/mol. The van der Waals surface area contributed by atoms with Crippen molar-refractivity contribution in [2.45, 2.75) is 154 Å². The number of ketones is 1. The summed E-state index contributed by atoms with van der Waals surface area (Å²) in [6, 6.07) is 26.2. The van der Waals surface area contributed by atoms with Crippen molar-refractivity contribution in [2.75, 3.05) is 28.3 Å². The molecule has 0 radical (unpaired) electrons. The zero-order chi connectivity index (χ0) is 49.9. The van der Waals surface area contributed by atoms with E-state index in [4.69, 9.17) is 42.6 Å². The van der Waals surface area contributed by atoms with Gasteiger partial charge in [-0.25, -0.2) is 9.59 Å². The maximum absolute atomic E-state index is 14.3. The van der Waals surface area contributed by atoms with Crippen LogP contribution in [0.5, 0.6) is 0 Å². The van der Waals surface area contributed by atoms with Gasteiger partial charge < -0.3 is 52.6 Å². The first-order chi connectivity index (χ1) is 32.2. The summed E-state index contributed by atoms with van der Waals surface area (Å²) in [6.45, 7) is 13.9. The number of Topliss-reactive ketones (excluding diaryl/α,β-unsaturated/α-hetero) is 1. The molecule has 3 aromatic carbocycles. The van der Waals surface area contributed by atoms with Gasteiger partial charge in [0, 0.05) is 26.6 Å². The summed E-state index contributed by atoms with van der Waals surface area (Å²) >= 11 is 0. The molecule has 2 fully saturated rings. The van der Waals surface area contributed by atoms with Crippen molar-refractivity contribution < 1.29 is 66.9 Å². The van der Waals surface area contributed by atoms with E-state index >= 15 is 0 Å². The maximum Gasteiger partial charge on any atom is 0.338 e. The van der Waals surface area contributed by atoms with Crippen LogP contribution in [-0.2, 0) is 58.8 Å². The first-order valence-electron chi connectivity index (χ1n) is 23.5. The Bertz CT molecular complexity index is 2070. The summed E-state index contributed by atoms with van der Waals surface area (Å²) in [5.74, 6) is -4.50. The number of rotatable bonds is 22. The van der Waals surface area contributed by atoms with Crippen LogP contribution in [0.3, 0.4) is 0 Å². The van der Waals surface area contributed by atoms with Crippen LogP contribution in [0.2, 0.25) is 0 Å². The van der Waals surface area contributed by atoms with Crippen molar-refractivity contribution in [1.82, 2.24) is 4.90 Å². The molecule has 2 aliphatic rings. The van der Waals surface area contributed by atoms with Crippen LogP contribution >= 0.6 is 0 Å². The normalized spacial score (nSPS) is 27.6. The Morgan fingerprint density at radius 2 is 1.40 bits per heavy atom. The maximum atomic E-state index is 14.3. The van der Waals surface area contributed by atoms with Gasteiger partial charge in [-0.05, 0) is 104 Å². The van der Waals surface area contributed by atoms with Crippen molar-refractivity contribution in [2.24, 2.45) is 17.8 Å². The van der Waals surface area contributed by atoms with E-state index in [2.05, 4.69) is 0 Å². The van der Waals surface area contributed by atoms with Gasteiger partial charge in [-0.15, -0.1) is 0 Å². The van der Waals surface area contributed by atoms with E-state index in [0.29, 0.717) is 17.5 Å². The number of hydrogen-bond donors (Lipinski definition) is 1. The van der Waals surface area contributed by atoms with Gasteiger partial charge >= 0.3 is 17.9 Å². The Hall–Kier alpha value is -4.58. The van der Waals surface area contributed by atoms with Gasteiger partial charge in [-0.1, -0.05) is 80.6 Å². The molecule has 0 spiro atoms. The second-order valence-corrected chi connectivity index (χ2v) is 19.2. The number of nitrogens with zero attached hydrogens (tertiary/aromatic N) is 1. The lowest BCUT2D eigenvalue weighted by molar-refractivity contribution is -0.318.